The molecule has 0 bridgehead atoms. The fourth-order valence-electron chi connectivity index (χ4n) is 2.89. The highest BCUT2D eigenvalue weighted by Crippen LogP contribution is 2.27. The van der Waals surface area contributed by atoms with E-state index in [-0.39, 0.29) is 0 Å². The van der Waals surface area contributed by atoms with E-state index in [1.54, 1.807) is 0 Å². The first kappa shape index (κ1) is 13.2. The summed E-state index contributed by atoms with van der Waals surface area (Å²) in [5.41, 5.74) is 1.44. The second kappa shape index (κ2) is 5.71. The minimum absolute atomic E-state index is 0.313. The Labute approximate surface area is 119 Å². The Kier molecular flexibility index (Phi) is 3.78. The van der Waals surface area contributed by atoms with Gasteiger partial charge in [-0.15, -0.1) is 5.10 Å². The van der Waals surface area contributed by atoms with Crippen LogP contribution in [0.15, 0.2) is 30.3 Å². The van der Waals surface area contributed by atoms with E-state index >= 15 is 0 Å². The van der Waals surface area contributed by atoms with E-state index in [2.05, 4.69) is 64.6 Å². The van der Waals surface area contributed by atoms with Crippen molar-refractivity contribution in [3.8, 4) is 0 Å². The SMILES string of the molecule is CC(C)n1nnnc1CN1CCC(c2ccccc2)C1. The zero-order chi connectivity index (χ0) is 13.9. The standard InChI is InChI=1S/C15H21N5/c1-12(2)20-15(16-17-18-20)11-19-9-8-14(10-19)13-6-4-3-5-7-13/h3-7,12,14H,8-11H2,1-2H3. The fourth-order valence-corrected chi connectivity index (χ4v) is 2.89. The average Bonchev–Trinajstić information content (AvgIpc) is 3.09. The summed E-state index contributed by atoms with van der Waals surface area (Å²) in [5, 5.41) is 12.0. The molecule has 0 amide bonds. The lowest BCUT2D eigenvalue weighted by molar-refractivity contribution is 0.305. The summed E-state index contributed by atoms with van der Waals surface area (Å²) in [7, 11) is 0. The van der Waals surface area contributed by atoms with E-state index in [0.29, 0.717) is 12.0 Å². The number of nitrogens with zero attached hydrogens (tertiary/aromatic N) is 5. The lowest BCUT2D eigenvalue weighted by Crippen LogP contribution is -2.23. The van der Waals surface area contributed by atoms with Crippen molar-refractivity contribution in [2.24, 2.45) is 0 Å². The van der Waals surface area contributed by atoms with Crippen LogP contribution in [0.3, 0.4) is 0 Å². The molecule has 3 rings (SSSR count). The second-order valence-corrected chi connectivity index (χ2v) is 5.76. The third-order valence-corrected chi connectivity index (χ3v) is 3.96. The smallest absolute Gasteiger partial charge is 0.165 e. The Hall–Kier alpha value is -1.75. The summed E-state index contributed by atoms with van der Waals surface area (Å²) in [6, 6.07) is 11.1. The fraction of sp³-hybridized carbons (Fsp3) is 0.533. The van der Waals surface area contributed by atoms with Gasteiger partial charge in [0.2, 0.25) is 0 Å². The minimum atomic E-state index is 0.313. The van der Waals surface area contributed by atoms with Gasteiger partial charge in [0.25, 0.3) is 0 Å². The van der Waals surface area contributed by atoms with Crippen LogP contribution >= 0.6 is 0 Å². The summed E-state index contributed by atoms with van der Waals surface area (Å²) < 4.78 is 1.91. The molecule has 20 heavy (non-hydrogen) atoms. The van der Waals surface area contributed by atoms with E-state index in [1.807, 2.05) is 4.68 Å². The molecule has 5 heteroatoms. The summed E-state index contributed by atoms with van der Waals surface area (Å²) in [4.78, 5) is 2.45. The van der Waals surface area contributed by atoms with Crippen molar-refractivity contribution >= 4 is 0 Å². The van der Waals surface area contributed by atoms with Crippen molar-refractivity contribution in [3.63, 3.8) is 0 Å². The van der Waals surface area contributed by atoms with Gasteiger partial charge in [0.05, 0.1) is 12.6 Å². The van der Waals surface area contributed by atoms with Crippen LogP contribution in [0, 0.1) is 0 Å². The quantitative estimate of drug-likeness (QED) is 0.855. The first-order valence-corrected chi connectivity index (χ1v) is 7.28. The number of rotatable bonds is 4. The molecule has 0 N–H and O–H groups in total. The van der Waals surface area contributed by atoms with Crippen LogP contribution in [0.5, 0.6) is 0 Å². The molecule has 1 saturated heterocycles. The van der Waals surface area contributed by atoms with Gasteiger partial charge in [0, 0.05) is 6.54 Å². The van der Waals surface area contributed by atoms with Gasteiger partial charge < -0.3 is 0 Å². The van der Waals surface area contributed by atoms with Crippen molar-refractivity contribution in [2.75, 3.05) is 13.1 Å². The molecule has 2 heterocycles. The number of aromatic nitrogens is 4. The Morgan fingerprint density at radius 2 is 2.05 bits per heavy atom. The van der Waals surface area contributed by atoms with E-state index in [4.69, 9.17) is 0 Å². The maximum atomic E-state index is 4.16. The average molecular weight is 271 g/mol. The Morgan fingerprint density at radius 1 is 1.25 bits per heavy atom. The molecule has 2 aromatic rings. The van der Waals surface area contributed by atoms with Crippen LogP contribution in [-0.2, 0) is 6.54 Å². The van der Waals surface area contributed by atoms with E-state index in [9.17, 15) is 0 Å². The molecular formula is C15H21N5. The predicted octanol–water partition coefficient (Wildman–Crippen LogP) is 2.24. The van der Waals surface area contributed by atoms with Gasteiger partial charge in [-0.05, 0) is 48.7 Å². The van der Waals surface area contributed by atoms with Gasteiger partial charge in [-0.3, -0.25) is 4.90 Å². The number of hydrogen-bond donors (Lipinski definition) is 0. The van der Waals surface area contributed by atoms with Crippen molar-refractivity contribution < 1.29 is 0 Å². The van der Waals surface area contributed by atoms with Gasteiger partial charge in [-0.2, -0.15) is 0 Å². The molecule has 0 radical (unpaired) electrons. The van der Waals surface area contributed by atoms with Crippen molar-refractivity contribution in [3.05, 3.63) is 41.7 Å². The molecule has 1 aromatic heterocycles. The van der Waals surface area contributed by atoms with Crippen LogP contribution < -0.4 is 0 Å². The van der Waals surface area contributed by atoms with Crippen LogP contribution in [0.2, 0.25) is 0 Å². The number of hydrogen-bond acceptors (Lipinski definition) is 4. The van der Waals surface area contributed by atoms with E-state index in [1.165, 1.54) is 12.0 Å². The lowest BCUT2D eigenvalue weighted by atomic mass is 9.99. The van der Waals surface area contributed by atoms with Gasteiger partial charge in [0.1, 0.15) is 0 Å². The third-order valence-electron chi connectivity index (χ3n) is 3.96. The van der Waals surface area contributed by atoms with Crippen molar-refractivity contribution in [1.29, 1.82) is 0 Å². The summed E-state index contributed by atoms with van der Waals surface area (Å²) in [6.07, 6.45) is 1.22. The molecule has 0 aliphatic carbocycles. The van der Waals surface area contributed by atoms with Gasteiger partial charge in [-0.25, -0.2) is 4.68 Å². The lowest BCUT2D eigenvalue weighted by Gasteiger charge is -2.16. The Balaban J connectivity index is 1.65. The molecule has 1 aliphatic rings. The molecule has 0 saturated carbocycles. The molecule has 1 aliphatic heterocycles. The zero-order valence-electron chi connectivity index (χ0n) is 12.1. The van der Waals surface area contributed by atoms with Crippen LogP contribution in [0.25, 0.3) is 0 Å². The zero-order valence-corrected chi connectivity index (χ0v) is 12.1. The van der Waals surface area contributed by atoms with Crippen LogP contribution in [-0.4, -0.2) is 38.2 Å². The second-order valence-electron chi connectivity index (χ2n) is 5.76. The molecule has 106 valence electrons. The Bertz CT molecular complexity index is 548. The third kappa shape index (κ3) is 2.72. The molecule has 1 aromatic carbocycles. The Morgan fingerprint density at radius 3 is 2.80 bits per heavy atom. The predicted molar refractivity (Wildman–Crippen MR) is 77.3 cm³/mol. The molecule has 1 atom stereocenters. The van der Waals surface area contributed by atoms with Crippen LogP contribution in [0.1, 0.15) is 43.6 Å². The summed E-state index contributed by atoms with van der Waals surface area (Å²) in [5.74, 6) is 1.60. The van der Waals surface area contributed by atoms with Gasteiger partial charge in [-0.1, -0.05) is 30.3 Å². The first-order valence-electron chi connectivity index (χ1n) is 7.28. The normalized spacial score (nSPS) is 19.9. The first-order chi connectivity index (χ1) is 9.74. The van der Waals surface area contributed by atoms with E-state index in [0.717, 1.165) is 25.5 Å². The highest BCUT2D eigenvalue weighted by molar-refractivity contribution is 5.21. The molecule has 1 fully saturated rings. The van der Waals surface area contributed by atoms with Crippen molar-refractivity contribution in [1.82, 2.24) is 25.1 Å². The molecule has 1 unspecified atom stereocenters. The minimum Gasteiger partial charge on any atom is -0.295 e. The number of tetrazole rings is 1. The van der Waals surface area contributed by atoms with Gasteiger partial charge in [0.15, 0.2) is 5.82 Å². The van der Waals surface area contributed by atoms with Crippen LogP contribution in [0.4, 0.5) is 0 Å². The van der Waals surface area contributed by atoms with Gasteiger partial charge >= 0.3 is 0 Å². The topological polar surface area (TPSA) is 46.8 Å². The van der Waals surface area contributed by atoms with E-state index < -0.39 is 0 Å². The largest absolute Gasteiger partial charge is 0.295 e. The molecule has 0 spiro atoms. The molecule has 5 nitrogen and oxygen atoms in total. The highest BCUT2D eigenvalue weighted by Gasteiger charge is 2.25. The molecular weight excluding hydrogens is 250 g/mol. The van der Waals surface area contributed by atoms with Crippen molar-refractivity contribution in [2.45, 2.75) is 38.8 Å². The maximum absolute atomic E-state index is 4.16. The number of likely N-dealkylation sites (tertiary alicyclic amines) is 1. The highest BCUT2D eigenvalue weighted by atomic mass is 15.6. The monoisotopic (exact) mass is 271 g/mol. The summed E-state index contributed by atoms with van der Waals surface area (Å²) >= 11 is 0. The number of benzene rings is 1. The summed E-state index contributed by atoms with van der Waals surface area (Å²) in [6.45, 7) is 7.27. The maximum Gasteiger partial charge on any atom is 0.165 e.